The number of fused-ring (bicyclic) bond motifs is 3. The summed E-state index contributed by atoms with van der Waals surface area (Å²) in [5, 5.41) is 1.26. The monoisotopic (exact) mass is 243 g/mol. The molecule has 3 nitrogen and oxygen atoms in total. The first-order valence-electron chi connectivity index (χ1n) is 6.60. The van der Waals surface area contributed by atoms with Gasteiger partial charge in [0.05, 0.1) is 12.2 Å². The molecular formula is C15H17NO2. The Kier molecular flexibility index (Phi) is 2.82. The summed E-state index contributed by atoms with van der Waals surface area (Å²) in [4.78, 5) is 15.1. The standard InChI is InChI=1S/C15H17NO2/c1-2-18-15(17)10-7-8-12-11-5-3-4-6-13(11)16-14(12)9-10/h7-9,16H,2-6H2,1H3. The molecule has 0 bridgehead atoms. The SMILES string of the molecule is CCOC(=O)c1ccc2c3c([nH]c2c1)CCCC3. The lowest BCUT2D eigenvalue weighted by Crippen LogP contribution is -2.04. The minimum Gasteiger partial charge on any atom is -0.462 e. The molecule has 2 aromatic rings. The number of rotatable bonds is 2. The van der Waals surface area contributed by atoms with E-state index >= 15 is 0 Å². The molecule has 0 aliphatic heterocycles. The van der Waals surface area contributed by atoms with Crippen molar-refractivity contribution in [3.63, 3.8) is 0 Å². The number of carbonyl (C=O) groups is 1. The van der Waals surface area contributed by atoms with Crippen molar-refractivity contribution in [1.82, 2.24) is 4.98 Å². The molecule has 3 rings (SSSR count). The van der Waals surface area contributed by atoms with Gasteiger partial charge in [-0.25, -0.2) is 4.79 Å². The van der Waals surface area contributed by atoms with Crippen LogP contribution in [0.2, 0.25) is 0 Å². The molecule has 1 aromatic carbocycles. The number of esters is 1. The highest BCUT2D eigenvalue weighted by molar-refractivity contribution is 5.95. The van der Waals surface area contributed by atoms with Gasteiger partial charge in [0.15, 0.2) is 0 Å². The molecule has 1 aliphatic carbocycles. The minimum atomic E-state index is -0.244. The number of nitrogens with one attached hydrogen (secondary N) is 1. The van der Waals surface area contributed by atoms with Crippen LogP contribution in [0.4, 0.5) is 0 Å². The summed E-state index contributed by atoms with van der Waals surface area (Å²) in [7, 11) is 0. The molecule has 0 amide bonds. The molecule has 0 atom stereocenters. The van der Waals surface area contributed by atoms with E-state index < -0.39 is 0 Å². The van der Waals surface area contributed by atoms with Crippen molar-refractivity contribution >= 4 is 16.9 Å². The smallest absolute Gasteiger partial charge is 0.338 e. The number of aromatic nitrogens is 1. The van der Waals surface area contributed by atoms with Gasteiger partial charge in [0.25, 0.3) is 0 Å². The van der Waals surface area contributed by atoms with Crippen LogP contribution in [0.15, 0.2) is 18.2 Å². The highest BCUT2D eigenvalue weighted by Crippen LogP contribution is 2.29. The average molecular weight is 243 g/mol. The van der Waals surface area contributed by atoms with E-state index in [1.165, 1.54) is 29.5 Å². The first kappa shape index (κ1) is 11.3. The van der Waals surface area contributed by atoms with Gasteiger partial charge in [-0.05, 0) is 50.3 Å². The number of aromatic amines is 1. The van der Waals surface area contributed by atoms with Crippen molar-refractivity contribution in [2.45, 2.75) is 32.6 Å². The first-order valence-corrected chi connectivity index (χ1v) is 6.60. The molecule has 3 heteroatoms. The zero-order valence-corrected chi connectivity index (χ0v) is 10.6. The van der Waals surface area contributed by atoms with E-state index in [2.05, 4.69) is 4.98 Å². The van der Waals surface area contributed by atoms with Crippen molar-refractivity contribution in [1.29, 1.82) is 0 Å². The molecule has 1 N–H and O–H groups in total. The molecule has 0 saturated heterocycles. The predicted octanol–water partition coefficient (Wildman–Crippen LogP) is 3.22. The Morgan fingerprint density at radius 3 is 3.00 bits per heavy atom. The van der Waals surface area contributed by atoms with Crippen LogP contribution in [0.3, 0.4) is 0 Å². The average Bonchev–Trinajstić information content (AvgIpc) is 2.76. The highest BCUT2D eigenvalue weighted by atomic mass is 16.5. The lowest BCUT2D eigenvalue weighted by molar-refractivity contribution is 0.0526. The Morgan fingerprint density at radius 2 is 2.17 bits per heavy atom. The summed E-state index contributed by atoms with van der Waals surface area (Å²) in [6.45, 7) is 2.24. The third kappa shape index (κ3) is 1.80. The maximum Gasteiger partial charge on any atom is 0.338 e. The van der Waals surface area contributed by atoms with E-state index in [-0.39, 0.29) is 5.97 Å². The number of hydrogen-bond acceptors (Lipinski definition) is 2. The van der Waals surface area contributed by atoms with Gasteiger partial charge in [-0.15, -0.1) is 0 Å². The van der Waals surface area contributed by atoms with Crippen LogP contribution in [-0.2, 0) is 17.6 Å². The Labute approximate surface area is 106 Å². The van der Waals surface area contributed by atoms with Crippen LogP contribution in [0.25, 0.3) is 10.9 Å². The van der Waals surface area contributed by atoms with Crippen LogP contribution < -0.4 is 0 Å². The number of hydrogen-bond donors (Lipinski definition) is 1. The number of carbonyl (C=O) groups excluding carboxylic acids is 1. The molecule has 0 spiro atoms. The van der Waals surface area contributed by atoms with Gasteiger partial charge in [0.2, 0.25) is 0 Å². The predicted molar refractivity (Wildman–Crippen MR) is 70.9 cm³/mol. The fourth-order valence-corrected chi connectivity index (χ4v) is 2.76. The van der Waals surface area contributed by atoms with Gasteiger partial charge in [-0.2, -0.15) is 0 Å². The van der Waals surface area contributed by atoms with Crippen LogP contribution in [0, 0.1) is 0 Å². The van der Waals surface area contributed by atoms with E-state index in [0.29, 0.717) is 12.2 Å². The van der Waals surface area contributed by atoms with E-state index in [9.17, 15) is 4.79 Å². The molecule has 94 valence electrons. The third-order valence-corrected chi connectivity index (χ3v) is 3.61. The minimum absolute atomic E-state index is 0.244. The first-order chi connectivity index (χ1) is 8.79. The second-order valence-electron chi connectivity index (χ2n) is 4.77. The van der Waals surface area contributed by atoms with Crippen molar-refractivity contribution in [3.05, 3.63) is 35.0 Å². The molecule has 1 aliphatic rings. The fraction of sp³-hybridized carbons (Fsp3) is 0.400. The fourth-order valence-electron chi connectivity index (χ4n) is 2.76. The summed E-state index contributed by atoms with van der Waals surface area (Å²) in [6.07, 6.45) is 4.79. The quantitative estimate of drug-likeness (QED) is 0.823. The van der Waals surface area contributed by atoms with Crippen molar-refractivity contribution in [2.75, 3.05) is 6.61 Å². The largest absolute Gasteiger partial charge is 0.462 e. The number of ether oxygens (including phenoxy) is 1. The van der Waals surface area contributed by atoms with Gasteiger partial charge >= 0.3 is 5.97 Å². The summed E-state index contributed by atoms with van der Waals surface area (Å²) >= 11 is 0. The summed E-state index contributed by atoms with van der Waals surface area (Å²) in [6, 6.07) is 5.82. The van der Waals surface area contributed by atoms with Gasteiger partial charge in [-0.1, -0.05) is 6.07 Å². The van der Waals surface area contributed by atoms with Gasteiger partial charge in [0.1, 0.15) is 0 Å². The maximum absolute atomic E-state index is 11.7. The summed E-state index contributed by atoms with van der Waals surface area (Å²) in [5.74, 6) is -0.244. The van der Waals surface area contributed by atoms with E-state index in [0.717, 1.165) is 18.4 Å². The summed E-state index contributed by atoms with van der Waals surface area (Å²) < 4.78 is 5.03. The normalized spacial score (nSPS) is 14.5. The molecule has 0 fully saturated rings. The van der Waals surface area contributed by atoms with Crippen molar-refractivity contribution in [2.24, 2.45) is 0 Å². The lowest BCUT2D eigenvalue weighted by Gasteiger charge is -2.10. The van der Waals surface area contributed by atoms with Gasteiger partial charge in [0, 0.05) is 16.6 Å². The van der Waals surface area contributed by atoms with Gasteiger partial charge < -0.3 is 9.72 Å². The summed E-state index contributed by atoms with van der Waals surface area (Å²) in [5.41, 5.74) is 4.47. The number of benzene rings is 1. The molecule has 1 aromatic heterocycles. The van der Waals surface area contributed by atoms with E-state index in [1.54, 1.807) is 0 Å². The second-order valence-corrected chi connectivity index (χ2v) is 4.77. The van der Waals surface area contributed by atoms with Gasteiger partial charge in [-0.3, -0.25) is 0 Å². The Bertz CT molecular complexity index is 598. The third-order valence-electron chi connectivity index (χ3n) is 3.61. The molecule has 18 heavy (non-hydrogen) atoms. The molecular weight excluding hydrogens is 226 g/mol. The van der Waals surface area contributed by atoms with Crippen LogP contribution in [0.1, 0.15) is 41.4 Å². The maximum atomic E-state index is 11.7. The lowest BCUT2D eigenvalue weighted by atomic mass is 9.95. The second kappa shape index (κ2) is 4.48. The Balaban J connectivity index is 2.05. The molecule has 0 unspecified atom stereocenters. The zero-order chi connectivity index (χ0) is 12.5. The molecule has 0 radical (unpaired) electrons. The zero-order valence-electron chi connectivity index (χ0n) is 10.6. The Morgan fingerprint density at radius 1 is 1.33 bits per heavy atom. The van der Waals surface area contributed by atoms with Crippen LogP contribution in [0.5, 0.6) is 0 Å². The highest BCUT2D eigenvalue weighted by Gasteiger charge is 2.16. The van der Waals surface area contributed by atoms with Crippen LogP contribution in [-0.4, -0.2) is 17.6 Å². The van der Waals surface area contributed by atoms with Crippen molar-refractivity contribution in [3.8, 4) is 0 Å². The topological polar surface area (TPSA) is 42.1 Å². The Hall–Kier alpha value is -1.77. The van der Waals surface area contributed by atoms with Crippen molar-refractivity contribution < 1.29 is 9.53 Å². The molecule has 1 heterocycles. The number of aryl methyl sites for hydroxylation is 2. The number of H-pyrrole nitrogens is 1. The van der Waals surface area contributed by atoms with E-state index in [4.69, 9.17) is 4.74 Å². The van der Waals surface area contributed by atoms with Crippen LogP contribution >= 0.6 is 0 Å². The molecule has 0 saturated carbocycles. The van der Waals surface area contributed by atoms with E-state index in [1.807, 2.05) is 25.1 Å².